The topological polar surface area (TPSA) is 52.6 Å². The van der Waals surface area contributed by atoms with Gasteiger partial charge in [0.25, 0.3) is 0 Å². The molecule has 1 atom stereocenters. The van der Waals surface area contributed by atoms with Gasteiger partial charge in [-0.1, -0.05) is 34.1 Å². The lowest BCUT2D eigenvalue weighted by Crippen LogP contribution is -2.30. The predicted octanol–water partition coefficient (Wildman–Crippen LogP) is 2.27. The molecule has 0 heterocycles. The number of ether oxygens (including phenoxy) is 2. The van der Waals surface area contributed by atoms with Crippen molar-refractivity contribution in [2.75, 3.05) is 14.2 Å². The number of hydrogen-bond donors (Lipinski definition) is 0. The van der Waals surface area contributed by atoms with Gasteiger partial charge < -0.3 is 9.47 Å². The van der Waals surface area contributed by atoms with E-state index in [-0.39, 0.29) is 5.92 Å². The molecule has 0 N–H and O–H groups in total. The Hall–Kier alpha value is -1.36. The molecule has 0 aliphatic heterocycles. The zero-order valence-corrected chi connectivity index (χ0v) is 11.7. The minimum atomic E-state index is -1.17. The molecular formula is C13H13BrO4. The van der Waals surface area contributed by atoms with Crippen LogP contribution in [0.5, 0.6) is 0 Å². The van der Waals surface area contributed by atoms with Gasteiger partial charge in [0, 0.05) is 10.4 Å². The smallest absolute Gasteiger partial charge is 0.323 e. The summed E-state index contributed by atoms with van der Waals surface area (Å²) in [4.78, 5) is 23.7. The number of methoxy groups -OCH3 is 2. The molecule has 1 aliphatic rings. The molecule has 1 aromatic rings. The summed E-state index contributed by atoms with van der Waals surface area (Å²) in [5.74, 6) is -1.25. The Bertz CT molecular complexity index is 482. The molecule has 1 aromatic carbocycles. The molecule has 0 spiro atoms. The second-order valence-corrected chi connectivity index (χ2v) is 5.09. The van der Waals surface area contributed by atoms with E-state index in [1.54, 1.807) is 0 Å². The van der Waals surface area contributed by atoms with E-state index in [1.807, 2.05) is 24.3 Å². The lowest BCUT2D eigenvalue weighted by molar-refractivity contribution is -0.161. The maximum absolute atomic E-state index is 11.9. The third kappa shape index (κ3) is 1.82. The van der Waals surface area contributed by atoms with Gasteiger partial charge in [0.1, 0.15) is 0 Å². The number of esters is 2. The van der Waals surface area contributed by atoms with E-state index < -0.39 is 17.4 Å². The first-order valence-corrected chi connectivity index (χ1v) is 6.28. The van der Waals surface area contributed by atoms with Gasteiger partial charge in [-0.2, -0.15) is 0 Å². The quantitative estimate of drug-likeness (QED) is 0.634. The maximum Gasteiger partial charge on any atom is 0.323 e. The fourth-order valence-corrected chi connectivity index (χ4v) is 2.86. The number of carbonyl (C=O) groups is 2. The van der Waals surface area contributed by atoms with E-state index >= 15 is 0 Å². The van der Waals surface area contributed by atoms with Crippen molar-refractivity contribution in [2.45, 2.75) is 12.3 Å². The standard InChI is InChI=1S/C13H13BrO4/c1-17-11(15)13(12(16)18-2)7-9(13)8-5-3-4-6-10(8)14/h3-6,9H,7H2,1-2H3. The zero-order valence-electron chi connectivity index (χ0n) is 10.1. The largest absolute Gasteiger partial charge is 0.468 e. The lowest BCUT2D eigenvalue weighted by atomic mass is 9.99. The Morgan fingerprint density at radius 2 is 1.78 bits per heavy atom. The minimum Gasteiger partial charge on any atom is -0.468 e. The van der Waals surface area contributed by atoms with E-state index in [2.05, 4.69) is 15.9 Å². The van der Waals surface area contributed by atoms with Crippen molar-refractivity contribution >= 4 is 27.9 Å². The summed E-state index contributed by atoms with van der Waals surface area (Å²) >= 11 is 3.43. The van der Waals surface area contributed by atoms with E-state index in [0.717, 1.165) is 10.0 Å². The fourth-order valence-electron chi connectivity index (χ4n) is 2.29. The molecule has 96 valence electrons. The van der Waals surface area contributed by atoms with Crippen LogP contribution in [0.2, 0.25) is 0 Å². The summed E-state index contributed by atoms with van der Waals surface area (Å²) < 4.78 is 10.4. The first-order chi connectivity index (χ1) is 8.57. The maximum atomic E-state index is 11.9. The first kappa shape index (κ1) is 13.1. The van der Waals surface area contributed by atoms with Gasteiger partial charge >= 0.3 is 11.9 Å². The van der Waals surface area contributed by atoms with E-state index in [0.29, 0.717) is 6.42 Å². The highest BCUT2D eigenvalue weighted by Gasteiger charge is 2.68. The summed E-state index contributed by atoms with van der Waals surface area (Å²) in [6, 6.07) is 7.53. The van der Waals surface area contributed by atoms with Gasteiger partial charge in [0.2, 0.25) is 0 Å². The number of benzene rings is 1. The summed E-state index contributed by atoms with van der Waals surface area (Å²) in [5, 5.41) is 0. The number of rotatable bonds is 3. The van der Waals surface area contributed by atoms with E-state index in [4.69, 9.17) is 9.47 Å². The van der Waals surface area contributed by atoms with Crippen LogP contribution in [0.15, 0.2) is 28.7 Å². The van der Waals surface area contributed by atoms with Gasteiger partial charge in [0.15, 0.2) is 5.41 Å². The van der Waals surface area contributed by atoms with Crippen molar-refractivity contribution < 1.29 is 19.1 Å². The van der Waals surface area contributed by atoms with E-state index in [1.165, 1.54) is 14.2 Å². The summed E-state index contributed by atoms with van der Waals surface area (Å²) in [6.45, 7) is 0. The molecule has 2 rings (SSSR count). The van der Waals surface area contributed by atoms with Gasteiger partial charge in [0.05, 0.1) is 14.2 Å². The molecule has 0 amide bonds. The third-order valence-corrected chi connectivity index (χ3v) is 4.06. The highest BCUT2D eigenvalue weighted by atomic mass is 79.9. The molecule has 4 nitrogen and oxygen atoms in total. The molecule has 1 saturated carbocycles. The van der Waals surface area contributed by atoms with Gasteiger partial charge in [-0.25, -0.2) is 0 Å². The molecule has 5 heteroatoms. The highest BCUT2D eigenvalue weighted by molar-refractivity contribution is 9.10. The Kier molecular flexibility index (Phi) is 3.43. The third-order valence-electron chi connectivity index (χ3n) is 3.34. The van der Waals surface area contributed by atoms with Crippen LogP contribution in [-0.2, 0) is 19.1 Å². The summed E-state index contributed by atoms with van der Waals surface area (Å²) in [6.07, 6.45) is 0.426. The van der Waals surface area contributed by atoms with Crippen LogP contribution in [0.4, 0.5) is 0 Å². The Morgan fingerprint density at radius 1 is 1.22 bits per heavy atom. The van der Waals surface area contributed by atoms with Crippen molar-refractivity contribution in [3.8, 4) is 0 Å². The fraction of sp³-hybridized carbons (Fsp3) is 0.385. The normalized spacial score (nSPS) is 20.1. The number of halogens is 1. The first-order valence-electron chi connectivity index (χ1n) is 5.49. The van der Waals surface area contributed by atoms with Crippen molar-refractivity contribution in [1.29, 1.82) is 0 Å². The lowest BCUT2D eigenvalue weighted by Gasteiger charge is -2.13. The average molecular weight is 313 g/mol. The van der Waals surface area contributed by atoms with Gasteiger partial charge in [-0.05, 0) is 18.1 Å². The molecular weight excluding hydrogens is 300 g/mol. The van der Waals surface area contributed by atoms with E-state index in [9.17, 15) is 9.59 Å². The van der Waals surface area contributed by atoms with Crippen LogP contribution in [0.25, 0.3) is 0 Å². The predicted molar refractivity (Wildman–Crippen MR) is 68.0 cm³/mol. The zero-order chi connectivity index (χ0) is 13.3. The van der Waals surface area contributed by atoms with Crippen LogP contribution in [0.3, 0.4) is 0 Å². The van der Waals surface area contributed by atoms with Crippen molar-refractivity contribution in [2.24, 2.45) is 5.41 Å². The summed E-state index contributed by atoms with van der Waals surface area (Å²) in [7, 11) is 2.56. The molecule has 0 radical (unpaired) electrons. The molecule has 1 aliphatic carbocycles. The molecule has 18 heavy (non-hydrogen) atoms. The summed E-state index contributed by atoms with van der Waals surface area (Å²) in [5.41, 5.74) is -0.249. The van der Waals surface area contributed by atoms with Gasteiger partial charge in [-0.15, -0.1) is 0 Å². The minimum absolute atomic E-state index is 0.187. The Morgan fingerprint density at radius 3 is 2.28 bits per heavy atom. The SMILES string of the molecule is COC(=O)C1(C(=O)OC)CC1c1ccccc1Br. The molecule has 1 unspecified atom stereocenters. The second kappa shape index (κ2) is 4.72. The van der Waals surface area contributed by atoms with Crippen LogP contribution >= 0.6 is 15.9 Å². The number of carbonyl (C=O) groups excluding carboxylic acids is 2. The molecule has 1 fully saturated rings. The Labute approximate surface area is 113 Å². The molecule has 0 bridgehead atoms. The van der Waals surface area contributed by atoms with Crippen LogP contribution in [0, 0.1) is 5.41 Å². The average Bonchev–Trinajstić information content (AvgIpc) is 3.14. The van der Waals surface area contributed by atoms with Crippen molar-refractivity contribution in [3.05, 3.63) is 34.3 Å². The van der Waals surface area contributed by atoms with Gasteiger partial charge in [-0.3, -0.25) is 9.59 Å². The second-order valence-electron chi connectivity index (χ2n) is 4.23. The highest BCUT2D eigenvalue weighted by Crippen LogP contribution is 2.61. The molecule has 0 aromatic heterocycles. The van der Waals surface area contributed by atoms with Crippen molar-refractivity contribution in [3.63, 3.8) is 0 Å². The Balaban J connectivity index is 2.36. The van der Waals surface area contributed by atoms with Crippen LogP contribution in [-0.4, -0.2) is 26.2 Å². The van der Waals surface area contributed by atoms with Crippen molar-refractivity contribution in [1.82, 2.24) is 0 Å². The molecule has 0 saturated heterocycles. The van der Waals surface area contributed by atoms with Crippen LogP contribution < -0.4 is 0 Å². The monoisotopic (exact) mass is 312 g/mol. The van der Waals surface area contributed by atoms with Crippen LogP contribution in [0.1, 0.15) is 17.9 Å². The number of hydrogen-bond acceptors (Lipinski definition) is 4.